The van der Waals surface area contributed by atoms with Crippen molar-refractivity contribution in [3.05, 3.63) is 53.0 Å². The Morgan fingerprint density at radius 3 is 2.52 bits per heavy atom. The number of carbonyl (C=O) groups excluding carboxylic acids is 1. The number of pyridine rings is 1. The summed E-state index contributed by atoms with van der Waals surface area (Å²) in [5.41, 5.74) is 7.55. The van der Waals surface area contributed by atoms with Crippen molar-refractivity contribution < 1.29 is 27.1 Å². The molecular weight excluding hydrogens is 425 g/mol. The van der Waals surface area contributed by atoms with Crippen LogP contribution >= 0.6 is 0 Å². The van der Waals surface area contributed by atoms with Crippen LogP contribution in [-0.2, 0) is 23.0 Å². The molecule has 3 rings (SSSR count). The molecule has 0 aliphatic rings. The number of halogens is 1. The molecule has 0 aliphatic carbocycles. The molecule has 0 spiro atoms. The molecule has 166 valence electrons. The van der Waals surface area contributed by atoms with Gasteiger partial charge in [0.2, 0.25) is 15.7 Å². The monoisotopic (exact) mass is 449 g/mol. The van der Waals surface area contributed by atoms with E-state index < -0.39 is 21.7 Å². The maximum atomic E-state index is 13.3. The molecule has 0 unspecified atom stereocenters. The number of aliphatic hydroxyl groups is 1. The molecule has 31 heavy (non-hydrogen) atoms. The molecule has 0 fully saturated rings. The highest BCUT2D eigenvalue weighted by atomic mass is 32.2. The van der Waals surface area contributed by atoms with Crippen LogP contribution in [0.4, 0.5) is 4.39 Å². The summed E-state index contributed by atoms with van der Waals surface area (Å²) in [6.45, 7) is 1.89. The van der Waals surface area contributed by atoms with Gasteiger partial charge >= 0.3 is 0 Å². The van der Waals surface area contributed by atoms with E-state index >= 15 is 0 Å². The Morgan fingerprint density at radius 2 is 1.97 bits per heavy atom. The number of fused-ring (bicyclic) bond motifs is 1. The molecule has 0 bridgehead atoms. The second kappa shape index (κ2) is 9.13. The number of hydrogen-bond donors (Lipinski definition) is 2. The number of aryl methyl sites for hydroxylation is 1. The number of aromatic nitrogens is 1. The van der Waals surface area contributed by atoms with Crippen molar-refractivity contribution in [2.24, 2.45) is 5.73 Å². The second-order valence-corrected chi connectivity index (χ2v) is 9.13. The molecule has 1 aromatic carbocycles. The average Bonchev–Trinajstić information content (AvgIpc) is 3.08. The number of benzene rings is 1. The van der Waals surface area contributed by atoms with Crippen molar-refractivity contribution in [1.82, 2.24) is 9.29 Å². The van der Waals surface area contributed by atoms with Gasteiger partial charge in [-0.1, -0.05) is 6.92 Å². The maximum Gasteiger partial charge on any atom is 0.253 e. The van der Waals surface area contributed by atoms with E-state index in [0.29, 0.717) is 23.1 Å². The molecule has 2 heterocycles. The standard InChI is InChI=1S/C21H24FN3O5S/c1-3-13-11-16-18(20(23)27)19(14-5-7-15(22)8-6-14)30-21(16)24-17(13)12-25(9-4-10-26)31(2,28)29/h5-8,11,26H,3-4,9-10,12H2,1-2H3,(H2,23,27). The average molecular weight is 450 g/mol. The van der Waals surface area contributed by atoms with Gasteiger partial charge in [0, 0.05) is 18.7 Å². The van der Waals surface area contributed by atoms with Gasteiger partial charge in [-0.25, -0.2) is 17.8 Å². The Bertz CT molecular complexity index is 1210. The number of carbonyl (C=O) groups is 1. The Balaban J connectivity index is 2.15. The van der Waals surface area contributed by atoms with Crippen LogP contribution in [0.1, 0.15) is 35.0 Å². The highest BCUT2D eigenvalue weighted by molar-refractivity contribution is 7.88. The molecule has 0 aliphatic heterocycles. The number of furan rings is 1. The molecule has 1 amide bonds. The minimum atomic E-state index is -3.54. The van der Waals surface area contributed by atoms with E-state index in [9.17, 15) is 17.6 Å². The smallest absolute Gasteiger partial charge is 0.253 e. The summed E-state index contributed by atoms with van der Waals surface area (Å²) < 4.78 is 44.7. The number of nitrogens with two attached hydrogens (primary N) is 1. The summed E-state index contributed by atoms with van der Waals surface area (Å²) in [6, 6.07) is 7.16. The molecule has 8 nitrogen and oxygen atoms in total. The summed E-state index contributed by atoms with van der Waals surface area (Å²) in [6.07, 6.45) is 1.92. The van der Waals surface area contributed by atoms with Crippen molar-refractivity contribution >= 4 is 27.0 Å². The molecule has 3 aromatic rings. The van der Waals surface area contributed by atoms with Crippen molar-refractivity contribution in [3.8, 4) is 11.3 Å². The zero-order chi connectivity index (χ0) is 22.8. The first-order valence-corrected chi connectivity index (χ1v) is 11.6. The molecule has 0 saturated carbocycles. The van der Waals surface area contributed by atoms with Gasteiger partial charge in [-0.15, -0.1) is 0 Å². The lowest BCUT2D eigenvalue weighted by atomic mass is 10.0. The third-order valence-electron chi connectivity index (χ3n) is 4.95. The molecular formula is C21H24FN3O5S. The topological polar surface area (TPSA) is 127 Å². The molecule has 2 aromatic heterocycles. The number of amides is 1. The van der Waals surface area contributed by atoms with Crippen LogP contribution < -0.4 is 5.73 Å². The minimum absolute atomic E-state index is 0.00354. The van der Waals surface area contributed by atoms with E-state index in [-0.39, 0.29) is 43.2 Å². The third-order valence-corrected chi connectivity index (χ3v) is 6.20. The summed E-state index contributed by atoms with van der Waals surface area (Å²) in [7, 11) is -3.54. The van der Waals surface area contributed by atoms with Gasteiger partial charge in [-0.3, -0.25) is 4.79 Å². The van der Waals surface area contributed by atoms with Gasteiger partial charge in [0.1, 0.15) is 11.6 Å². The molecule has 3 N–H and O–H groups in total. The van der Waals surface area contributed by atoms with Crippen molar-refractivity contribution in [2.45, 2.75) is 26.3 Å². The largest absolute Gasteiger partial charge is 0.437 e. The predicted molar refractivity (Wildman–Crippen MR) is 114 cm³/mol. The first-order valence-electron chi connectivity index (χ1n) is 9.72. The number of primary amides is 1. The SMILES string of the molecule is CCc1cc2c(C(N)=O)c(-c3ccc(F)cc3)oc2nc1CN(CCCO)S(C)(=O)=O. The summed E-state index contributed by atoms with van der Waals surface area (Å²) in [4.78, 5) is 16.7. The van der Waals surface area contributed by atoms with Crippen LogP contribution in [0.5, 0.6) is 0 Å². The van der Waals surface area contributed by atoms with Gasteiger partial charge in [-0.2, -0.15) is 4.31 Å². The number of rotatable bonds is 9. The lowest BCUT2D eigenvalue weighted by Gasteiger charge is -2.20. The van der Waals surface area contributed by atoms with Gasteiger partial charge in [0.15, 0.2) is 0 Å². The maximum absolute atomic E-state index is 13.3. The van der Waals surface area contributed by atoms with E-state index in [0.717, 1.165) is 11.8 Å². The summed E-state index contributed by atoms with van der Waals surface area (Å²) in [5, 5.41) is 9.49. The van der Waals surface area contributed by atoms with Crippen LogP contribution in [0.25, 0.3) is 22.4 Å². The molecule has 0 radical (unpaired) electrons. The first kappa shape index (κ1) is 22.9. The fourth-order valence-electron chi connectivity index (χ4n) is 3.37. The van der Waals surface area contributed by atoms with E-state index in [1.807, 2.05) is 6.92 Å². The Morgan fingerprint density at radius 1 is 1.29 bits per heavy atom. The minimum Gasteiger partial charge on any atom is -0.437 e. The van der Waals surface area contributed by atoms with E-state index in [2.05, 4.69) is 4.98 Å². The Hall–Kier alpha value is -2.82. The number of sulfonamides is 1. The lowest BCUT2D eigenvalue weighted by molar-refractivity contribution is 0.100. The number of hydrogen-bond acceptors (Lipinski definition) is 6. The van der Waals surface area contributed by atoms with Gasteiger partial charge in [0.05, 0.1) is 29.4 Å². The number of aliphatic hydroxyl groups excluding tert-OH is 1. The van der Waals surface area contributed by atoms with Crippen molar-refractivity contribution in [1.29, 1.82) is 0 Å². The van der Waals surface area contributed by atoms with Gasteiger partial charge < -0.3 is 15.3 Å². The normalized spacial score (nSPS) is 12.0. The molecule has 0 atom stereocenters. The van der Waals surface area contributed by atoms with E-state index in [1.165, 1.54) is 28.6 Å². The van der Waals surface area contributed by atoms with Gasteiger partial charge in [-0.05, 0) is 48.7 Å². The third kappa shape index (κ3) is 4.92. The molecule has 0 saturated heterocycles. The van der Waals surface area contributed by atoms with Crippen LogP contribution in [0, 0.1) is 5.82 Å². The van der Waals surface area contributed by atoms with E-state index in [4.69, 9.17) is 15.3 Å². The second-order valence-electron chi connectivity index (χ2n) is 7.15. The number of nitrogens with zero attached hydrogens (tertiary/aromatic N) is 2. The fraction of sp³-hybridized carbons (Fsp3) is 0.333. The fourth-order valence-corrected chi connectivity index (χ4v) is 4.19. The Kier molecular flexibility index (Phi) is 6.73. The van der Waals surface area contributed by atoms with Crippen LogP contribution in [0.15, 0.2) is 34.7 Å². The summed E-state index contributed by atoms with van der Waals surface area (Å²) in [5.74, 6) is -0.970. The highest BCUT2D eigenvalue weighted by Gasteiger charge is 2.24. The van der Waals surface area contributed by atoms with Crippen molar-refractivity contribution in [2.75, 3.05) is 19.4 Å². The predicted octanol–water partition coefficient (Wildman–Crippen LogP) is 2.44. The summed E-state index contributed by atoms with van der Waals surface area (Å²) >= 11 is 0. The highest BCUT2D eigenvalue weighted by Crippen LogP contribution is 2.34. The molecule has 10 heteroatoms. The van der Waals surface area contributed by atoms with Crippen molar-refractivity contribution in [3.63, 3.8) is 0 Å². The lowest BCUT2D eigenvalue weighted by Crippen LogP contribution is -2.31. The van der Waals surface area contributed by atoms with Crippen LogP contribution in [-0.4, -0.2) is 48.1 Å². The van der Waals surface area contributed by atoms with E-state index in [1.54, 1.807) is 6.07 Å². The zero-order valence-corrected chi connectivity index (χ0v) is 18.1. The zero-order valence-electron chi connectivity index (χ0n) is 17.3. The quantitative estimate of drug-likeness (QED) is 0.517. The van der Waals surface area contributed by atoms with Gasteiger partial charge in [0.25, 0.3) is 5.91 Å². The van der Waals surface area contributed by atoms with Crippen LogP contribution in [0.3, 0.4) is 0 Å². The Labute approximate surface area is 179 Å². The van der Waals surface area contributed by atoms with Crippen LogP contribution in [0.2, 0.25) is 0 Å². The first-order chi connectivity index (χ1) is 14.7.